The van der Waals surface area contributed by atoms with Crippen molar-refractivity contribution in [3.8, 4) is 0 Å². The van der Waals surface area contributed by atoms with Gasteiger partial charge in [0.15, 0.2) is 0 Å². The van der Waals surface area contributed by atoms with E-state index in [4.69, 9.17) is 0 Å². The standard InChI is InChI=1S/C16H24N2O2S/c1-11(2)9-14-16(20)18(12(3)10-15(19)17-14)7-6-13-5-4-8-21-13/h4-5,8,11-12,14H,6-7,9-10H2,1-3H3,(H,17,19). The number of hydrogen-bond donors (Lipinski definition) is 1. The minimum absolute atomic E-state index is 0.0138. The van der Waals surface area contributed by atoms with E-state index in [1.54, 1.807) is 11.3 Å². The molecule has 1 aromatic rings. The van der Waals surface area contributed by atoms with E-state index in [0.29, 0.717) is 25.3 Å². The van der Waals surface area contributed by atoms with E-state index in [0.717, 1.165) is 6.42 Å². The zero-order valence-corrected chi connectivity index (χ0v) is 13.8. The Bertz CT molecular complexity index is 484. The van der Waals surface area contributed by atoms with Crippen LogP contribution >= 0.6 is 11.3 Å². The molecule has 1 fully saturated rings. The lowest BCUT2D eigenvalue weighted by Crippen LogP contribution is -2.47. The van der Waals surface area contributed by atoms with Gasteiger partial charge in [0.05, 0.1) is 0 Å². The summed E-state index contributed by atoms with van der Waals surface area (Å²) in [7, 11) is 0. The molecule has 0 radical (unpaired) electrons. The Balaban J connectivity index is 2.07. The third-order valence-corrected chi connectivity index (χ3v) is 4.75. The van der Waals surface area contributed by atoms with E-state index >= 15 is 0 Å². The smallest absolute Gasteiger partial charge is 0.245 e. The molecule has 1 aliphatic rings. The highest BCUT2D eigenvalue weighted by Crippen LogP contribution is 2.18. The van der Waals surface area contributed by atoms with Gasteiger partial charge in [0.2, 0.25) is 11.8 Å². The van der Waals surface area contributed by atoms with Crippen LogP contribution < -0.4 is 5.32 Å². The molecule has 1 aliphatic heterocycles. The van der Waals surface area contributed by atoms with Crippen LogP contribution in [0.1, 0.15) is 38.5 Å². The van der Waals surface area contributed by atoms with Crippen LogP contribution in [-0.4, -0.2) is 35.3 Å². The third-order valence-electron chi connectivity index (χ3n) is 3.82. The second-order valence-electron chi connectivity index (χ2n) is 6.16. The number of carbonyl (C=O) groups is 2. The van der Waals surface area contributed by atoms with Gasteiger partial charge in [-0.1, -0.05) is 19.9 Å². The predicted octanol–water partition coefficient (Wildman–Crippen LogP) is 2.44. The SMILES string of the molecule is CC(C)CC1NC(=O)CC(C)N(CCc2cccs2)C1=O. The fourth-order valence-electron chi connectivity index (χ4n) is 2.76. The summed E-state index contributed by atoms with van der Waals surface area (Å²) in [4.78, 5) is 27.8. The first-order chi connectivity index (χ1) is 9.97. The van der Waals surface area contributed by atoms with E-state index in [2.05, 4.69) is 30.6 Å². The molecule has 2 rings (SSSR count). The number of rotatable bonds is 5. The summed E-state index contributed by atoms with van der Waals surface area (Å²) in [6, 6.07) is 3.72. The normalized spacial score (nSPS) is 23.3. The highest BCUT2D eigenvalue weighted by Gasteiger charge is 2.33. The van der Waals surface area contributed by atoms with Crippen molar-refractivity contribution in [2.24, 2.45) is 5.92 Å². The van der Waals surface area contributed by atoms with Gasteiger partial charge in [-0.15, -0.1) is 11.3 Å². The molecule has 2 atom stereocenters. The van der Waals surface area contributed by atoms with Crippen LogP contribution in [-0.2, 0) is 16.0 Å². The number of amides is 2. The first kappa shape index (κ1) is 16.0. The molecule has 0 saturated carbocycles. The molecule has 0 aliphatic carbocycles. The maximum Gasteiger partial charge on any atom is 0.245 e. The van der Waals surface area contributed by atoms with Crippen molar-refractivity contribution >= 4 is 23.2 Å². The molecular weight excluding hydrogens is 284 g/mol. The van der Waals surface area contributed by atoms with E-state index < -0.39 is 0 Å². The van der Waals surface area contributed by atoms with Crippen molar-refractivity contribution < 1.29 is 9.59 Å². The molecule has 2 amide bonds. The molecule has 116 valence electrons. The fraction of sp³-hybridized carbons (Fsp3) is 0.625. The topological polar surface area (TPSA) is 49.4 Å². The fourth-order valence-corrected chi connectivity index (χ4v) is 3.46. The first-order valence-electron chi connectivity index (χ1n) is 7.59. The van der Waals surface area contributed by atoms with Gasteiger partial charge in [0, 0.05) is 23.9 Å². The van der Waals surface area contributed by atoms with Gasteiger partial charge in [-0.25, -0.2) is 0 Å². The van der Waals surface area contributed by atoms with Crippen molar-refractivity contribution in [1.29, 1.82) is 0 Å². The summed E-state index contributed by atoms with van der Waals surface area (Å²) in [6.07, 6.45) is 1.95. The number of hydrogen-bond acceptors (Lipinski definition) is 3. The Hall–Kier alpha value is -1.36. The summed E-state index contributed by atoms with van der Waals surface area (Å²) >= 11 is 1.71. The average molecular weight is 308 g/mol. The van der Waals surface area contributed by atoms with Gasteiger partial charge in [-0.2, -0.15) is 0 Å². The molecule has 2 unspecified atom stereocenters. The summed E-state index contributed by atoms with van der Waals surface area (Å²) < 4.78 is 0. The number of nitrogens with zero attached hydrogens (tertiary/aromatic N) is 1. The van der Waals surface area contributed by atoms with Gasteiger partial charge in [-0.05, 0) is 37.1 Å². The molecule has 21 heavy (non-hydrogen) atoms. The van der Waals surface area contributed by atoms with Crippen LogP contribution in [0.25, 0.3) is 0 Å². The van der Waals surface area contributed by atoms with Crippen LogP contribution in [0.3, 0.4) is 0 Å². The Morgan fingerprint density at radius 1 is 1.43 bits per heavy atom. The summed E-state index contributed by atoms with van der Waals surface area (Å²) in [6.45, 7) is 6.79. The zero-order chi connectivity index (χ0) is 15.4. The Labute approximate surface area is 130 Å². The summed E-state index contributed by atoms with van der Waals surface area (Å²) in [5, 5.41) is 4.94. The van der Waals surface area contributed by atoms with Crippen LogP contribution in [0.2, 0.25) is 0 Å². The van der Waals surface area contributed by atoms with E-state index in [-0.39, 0.29) is 23.9 Å². The Kier molecular flexibility index (Phi) is 5.39. The highest BCUT2D eigenvalue weighted by molar-refractivity contribution is 7.09. The van der Waals surface area contributed by atoms with Gasteiger partial charge < -0.3 is 10.2 Å². The Morgan fingerprint density at radius 3 is 2.81 bits per heavy atom. The van der Waals surface area contributed by atoms with Crippen molar-refractivity contribution in [3.63, 3.8) is 0 Å². The largest absolute Gasteiger partial charge is 0.344 e. The number of nitrogens with one attached hydrogen (secondary N) is 1. The maximum absolute atomic E-state index is 12.7. The lowest BCUT2D eigenvalue weighted by molar-refractivity contribution is -0.135. The van der Waals surface area contributed by atoms with E-state index in [1.807, 2.05) is 17.9 Å². The summed E-state index contributed by atoms with van der Waals surface area (Å²) in [5.41, 5.74) is 0. The minimum atomic E-state index is -0.370. The average Bonchev–Trinajstić information content (AvgIpc) is 2.87. The molecule has 1 saturated heterocycles. The molecule has 0 bridgehead atoms. The quantitative estimate of drug-likeness (QED) is 0.908. The second-order valence-corrected chi connectivity index (χ2v) is 7.20. The molecule has 4 nitrogen and oxygen atoms in total. The molecule has 0 spiro atoms. The molecule has 0 aromatic carbocycles. The van der Waals surface area contributed by atoms with Crippen LogP contribution in [0, 0.1) is 5.92 Å². The van der Waals surface area contributed by atoms with Crippen molar-refractivity contribution in [2.75, 3.05) is 6.54 Å². The minimum Gasteiger partial charge on any atom is -0.344 e. The lowest BCUT2D eigenvalue weighted by atomic mass is 10.0. The molecule has 2 heterocycles. The molecule has 1 aromatic heterocycles. The molecular formula is C16H24N2O2S. The van der Waals surface area contributed by atoms with Gasteiger partial charge in [0.25, 0.3) is 0 Å². The highest BCUT2D eigenvalue weighted by atomic mass is 32.1. The lowest BCUT2D eigenvalue weighted by Gasteiger charge is -2.29. The van der Waals surface area contributed by atoms with Crippen molar-refractivity contribution in [1.82, 2.24) is 10.2 Å². The van der Waals surface area contributed by atoms with Crippen LogP contribution in [0.5, 0.6) is 0 Å². The van der Waals surface area contributed by atoms with Crippen molar-refractivity contribution in [3.05, 3.63) is 22.4 Å². The third kappa shape index (κ3) is 4.30. The van der Waals surface area contributed by atoms with Crippen LogP contribution in [0.15, 0.2) is 17.5 Å². The second kappa shape index (κ2) is 7.07. The molecule has 1 N–H and O–H groups in total. The van der Waals surface area contributed by atoms with Gasteiger partial charge in [-0.3, -0.25) is 9.59 Å². The summed E-state index contributed by atoms with van der Waals surface area (Å²) in [5.74, 6) is 0.436. The first-order valence-corrected chi connectivity index (χ1v) is 8.47. The van der Waals surface area contributed by atoms with Gasteiger partial charge >= 0.3 is 0 Å². The molecule has 5 heteroatoms. The number of thiophene rings is 1. The monoisotopic (exact) mass is 308 g/mol. The van der Waals surface area contributed by atoms with Gasteiger partial charge in [0.1, 0.15) is 6.04 Å². The van der Waals surface area contributed by atoms with Crippen LogP contribution in [0.4, 0.5) is 0 Å². The van der Waals surface area contributed by atoms with E-state index in [1.165, 1.54) is 4.88 Å². The number of carbonyl (C=O) groups excluding carboxylic acids is 2. The Morgan fingerprint density at radius 2 is 2.19 bits per heavy atom. The maximum atomic E-state index is 12.7. The predicted molar refractivity (Wildman–Crippen MR) is 85.2 cm³/mol. The van der Waals surface area contributed by atoms with E-state index in [9.17, 15) is 9.59 Å². The zero-order valence-electron chi connectivity index (χ0n) is 13.0. The van der Waals surface area contributed by atoms with Crippen molar-refractivity contribution in [2.45, 2.75) is 52.1 Å².